The number of aryl methyl sites for hydroxylation is 2. The molecular formula is C18H16ClNO5. The van der Waals surface area contributed by atoms with Crippen molar-refractivity contribution in [2.24, 2.45) is 0 Å². The van der Waals surface area contributed by atoms with Crippen LogP contribution < -0.4 is 9.47 Å². The SMILES string of the molecule is CC(C)=C1Oc2cc(OC(=O)CCc3cc(Cl)no3)cc(C)c2C1=O. The molecule has 2 aromatic rings. The zero-order valence-electron chi connectivity index (χ0n) is 14.0. The fourth-order valence-corrected chi connectivity index (χ4v) is 2.72. The van der Waals surface area contributed by atoms with Crippen LogP contribution in [0.1, 0.15) is 41.9 Å². The molecule has 0 bridgehead atoms. The van der Waals surface area contributed by atoms with E-state index >= 15 is 0 Å². The molecule has 0 N–H and O–H groups in total. The molecule has 3 rings (SSSR count). The number of ether oxygens (including phenoxy) is 2. The fourth-order valence-electron chi connectivity index (χ4n) is 2.57. The lowest BCUT2D eigenvalue weighted by Crippen LogP contribution is -2.09. The van der Waals surface area contributed by atoms with Crippen LogP contribution in [-0.2, 0) is 11.2 Å². The van der Waals surface area contributed by atoms with Gasteiger partial charge in [-0.25, -0.2) is 0 Å². The highest BCUT2D eigenvalue weighted by molar-refractivity contribution is 6.29. The van der Waals surface area contributed by atoms with Crippen LogP contribution in [0.2, 0.25) is 5.15 Å². The predicted octanol–water partition coefficient (Wildman–Crippen LogP) is 4.04. The molecule has 0 unspecified atom stereocenters. The third-order valence-corrected chi connectivity index (χ3v) is 3.89. The van der Waals surface area contributed by atoms with E-state index < -0.39 is 5.97 Å². The summed E-state index contributed by atoms with van der Waals surface area (Å²) in [6, 6.07) is 4.76. The van der Waals surface area contributed by atoms with E-state index in [1.54, 1.807) is 25.1 Å². The number of carbonyl (C=O) groups excluding carboxylic acids is 2. The molecule has 1 aliphatic heterocycles. The molecule has 1 aliphatic rings. The van der Waals surface area contributed by atoms with Crippen molar-refractivity contribution in [3.63, 3.8) is 0 Å². The first-order chi connectivity index (χ1) is 11.8. The van der Waals surface area contributed by atoms with Crippen LogP contribution in [0, 0.1) is 6.92 Å². The molecule has 6 nitrogen and oxygen atoms in total. The standard InChI is InChI=1S/C18H16ClNO5/c1-9(2)18-17(22)16-10(3)6-12(7-13(16)24-18)23-15(21)5-4-11-8-14(19)20-25-11/h6-8H,4-5H2,1-3H3. The number of halogens is 1. The van der Waals surface area contributed by atoms with Gasteiger partial charge in [-0.2, -0.15) is 0 Å². The van der Waals surface area contributed by atoms with Crippen LogP contribution >= 0.6 is 11.6 Å². The van der Waals surface area contributed by atoms with Gasteiger partial charge in [-0.05, 0) is 38.0 Å². The molecule has 0 radical (unpaired) electrons. The van der Waals surface area contributed by atoms with Crippen molar-refractivity contribution in [2.75, 3.05) is 0 Å². The number of allylic oxidation sites excluding steroid dienone is 2. The lowest BCUT2D eigenvalue weighted by molar-refractivity contribution is -0.134. The number of aromatic nitrogens is 1. The van der Waals surface area contributed by atoms with Gasteiger partial charge in [0.25, 0.3) is 0 Å². The van der Waals surface area contributed by atoms with Gasteiger partial charge in [-0.1, -0.05) is 16.8 Å². The first kappa shape index (κ1) is 17.2. The van der Waals surface area contributed by atoms with Gasteiger partial charge in [0.05, 0.1) is 12.0 Å². The van der Waals surface area contributed by atoms with Crippen molar-refractivity contribution in [3.8, 4) is 11.5 Å². The molecule has 2 heterocycles. The molecule has 0 saturated carbocycles. The van der Waals surface area contributed by atoms with Crippen LogP contribution in [0.15, 0.2) is 34.1 Å². The second-order valence-corrected chi connectivity index (χ2v) is 6.35. The van der Waals surface area contributed by atoms with Gasteiger partial charge in [0, 0.05) is 18.6 Å². The van der Waals surface area contributed by atoms with Gasteiger partial charge < -0.3 is 14.0 Å². The number of esters is 1. The zero-order valence-corrected chi connectivity index (χ0v) is 14.8. The second kappa shape index (κ2) is 6.72. The summed E-state index contributed by atoms with van der Waals surface area (Å²) in [6.07, 6.45) is 0.444. The van der Waals surface area contributed by atoms with Crippen LogP contribution in [0.25, 0.3) is 0 Å². The quantitative estimate of drug-likeness (QED) is 0.464. The summed E-state index contributed by atoms with van der Waals surface area (Å²) in [6.45, 7) is 5.40. The van der Waals surface area contributed by atoms with Crippen LogP contribution in [0.5, 0.6) is 11.5 Å². The van der Waals surface area contributed by atoms with E-state index in [0.717, 1.165) is 5.57 Å². The first-order valence-electron chi connectivity index (χ1n) is 7.71. The normalized spacial score (nSPS) is 12.8. The number of carbonyl (C=O) groups is 2. The van der Waals surface area contributed by atoms with E-state index in [4.69, 9.17) is 25.6 Å². The maximum atomic E-state index is 12.3. The molecule has 0 aliphatic carbocycles. The Morgan fingerprint density at radius 2 is 2.04 bits per heavy atom. The Kier molecular flexibility index (Phi) is 4.63. The van der Waals surface area contributed by atoms with Gasteiger partial charge in [-0.3, -0.25) is 9.59 Å². The maximum absolute atomic E-state index is 12.3. The molecule has 130 valence electrons. The summed E-state index contributed by atoms with van der Waals surface area (Å²) in [5.74, 6) is 0.995. The zero-order chi connectivity index (χ0) is 18.1. The highest BCUT2D eigenvalue weighted by Crippen LogP contribution is 2.37. The number of Topliss-reactive ketones (excluding diaryl/α,β-unsaturated/α-hetero) is 1. The van der Waals surface area contributed by atoms with Crippen molar-refractivity contribution in [1.82, 2.24) is 5.16 Å². The number of hydrogen-bond acceptors (Lipinski definition) is 6. The van der Waals surface area contributed by atoms with Gasteiger partial charge in [0.1, 0.15) is 17.3 Å². The first-order valence-corrected chi connectivity index (χ1v) is 8.09. The Morgan fingerprint density at radius 1 is 1.28 bits per heavy atom. The Morgan fingerprint density at radius 3 is 2.68 bits per heavy atom. The molecule has 0 atom stereocenters. The van der Waals surface area contributed by atoms with Gasteiger partial charge in [0.15, 0.2) is 10.9 Å². The monoisotopic (exact) mass is 361 g/mol. The largest absolute Gasteiger partial charge is 0.452 e. The summed E-state index contributed by atoms with van der Waals surface area (Å²) in [5.41, 5.74) is 2.00. The number of hydrogen-bond donors (Lipinski definition) is 0. The summed E-state index contributed by atoms with van der Waals surface area (Å²) >= 11 is 5.66. The Balaban J connectivity index is 1.71. The van der Waals surface area contributed by atoms with E-state index in [0.29, 0.717) is 40.6 Å². The van der Waals surface area contributed by atoms with Gasteiger partial charge in [-0.15, -0.1) is 0 Å². The molecule has 25 heavy (non-hydrogen) atoms. The molecular weight excluding hydrogens is 346 g/mol. The molecule has 0 fully saturated rings. The summed E-state index contributed by atoms with van der Waals surface area (Å²) in [4.78, 5) is 24.3. The molecule has 0 spiro atoms. The number of rotatable bonds is 4. The lowest BCUT2D eigenvalue weighted by atomic mass is 10.0. The summed E-state index contributed by atoms with van der Waals surface area (Å²) in [7, 11) is 0. The minimum Gasteiger partial charge on any atom is -0.452 e. The van der Waals surface area contributed by atoms with Crippen LogP contribution in [0.3, 0.4) is 0 Å². The summed E-state index contributed by atoms with van der Waals surface area (Å²) < 4.78 is 15.9. The summed E-state index contributed by atoms with van der Waals surface area (Å²) in [5, 5.41) is 3.79. The average molecular weight is 362 g/mol. The van der Waals surface area contributed by atoms with E-state index in [1.165, 1.54) is 0 Å². The highest BCUT2D eigenvalue weighted by Gasteiger charge is 2.30. The van der Waals surface area contributed by atoms with Crippen LogP contribution in [0.4, 0.5) is 0 Å². The minimum absolute atomic E-state index is 0.112. The van der Waals surface area contributed by atoms with Crippen molar-refractivity contribution in [2.45, 2.75) is 33.6 Å². The number of fused-ring (bicyclic) bond motifs is 1. The maximum Gasteiger partial charge on any atom is 0.311 e. The van der Waals surface area contributed by atoms with Crippen molar-refractivity contribution >= 4 is 23.4 Å². The number of nitrogens with zero attached hydrogens (tertiary/aromatic N) is 1. The second-order valence-electron chi connectivity index (χ2n) is 5.96. The van der Waals surface area contributed by atoms with E-state index in [1.807, 2.05) is 13.8 Å². The molecule has 1 aromatic carbocycles. The fraction of sp³-hybridized carbons (Fsp3) is 0.278. The molecule has 7 heteroatoms. The third kappa shape index (κ3) is 3.58. The number of ketones is 1. The van der Waals surface area contributed by atoms with Gasteiger partial charge in [0.2, 0.25) is 5.78 Å². The predicted molar refractivity (Wildman–Crippen MR) is 90.0 cm³/mol. The lowest BCUT2D eigenvalue weighted by Gasteiger charge is -2.07. The Bertz CT molecular complexity index is 893. The molecule has 0 saturated heterocycles. The van der Waals surface area contributed by atoms with Crippen molar-refractivity contribution < 1.29 is 23.6 Å². The third-order valence-electron chi connectivity index (χ3n) is 3.71. The van der Waals surface area contributed by atoms with Crippen LogP contribution in [-0.4, -0.2) is 16.9 Å². The van der Waals surface area contributed by atoms with Crippen molar-refractivity contribution in [3.05, 3.63) is 51.6 Å². The highest BCUT2D eigenvalue weighted by atomic mass is 35.5. The van der Waals surface area contributed by atoms with Crippen molar-refractivity contribution in [1.29, 1.82) is 0 Å². The Hall–Kier alpha value is -2.60. The van der Waals surface area contributed by atoms with Gasteiger partial charge >= 0.3 is 5.97 Å². The van der Waals surface area contributed by atoms with E-state index in [9.17, 15) is 9.59 Å². The topological polar surface area (TPSA) is 78.6 Å². The number of benzene rings is 1. The molecule has 0 amide bonds. The average Bonchev–Trinajstić information content (AvgIpc) is 3.09. The Labute approximate surface area is 149 Å². The van der Waals surface area contributed by atoms with E-state index in [-0.39, 0.29) is 17.4 Å². The van der Waals surface area contributed by atoms with E-state index in [2.05, 4.69) is 5.16 Å². The minimum atomic E-state index is -0.432. The molecule has 1 aromatic heterocycles. The smallest absolute Gasteiger partial charge is 0.311 e.